The number of nitrogens with zero attached hydrogens (tertiary/aromatic N) is 2. The third kappa shape index (κ3) is 3.21. The van der Waals surface area contributed by atoms with Gasteiger partial charge in [-0.25, -0.2) is 0 Å². The lowest BCUT2D eigenvalue weighted by molar-refractivity contribution is 0.515. The van der Waals surface area contributed by atoms with Crippen LogP contribution in [0.5, 0.6) is 0 Å². The molecule has 2 nitrogen and oxygen atoms in total. The second-order valence-corrected chi connectivity index (χ2v) is 4.63. The van der Waals surface area contributed by atoms with E-state index in [4.69, 9.17) is 0 Å². The lowest BCUT2D eigenvalue weighted by Crippen LogP contribution is -2.22. The highest BCUT2D eigenvalue weighted by atomic mass is 14.4. The normalized spacial score (nSPS) is 10.4. The van der Waals surface area contributed by atoms with Gasteiger partial charge in [0.05, 0.1) is 12.1 Å². The number of rotatable bonds is 4. The molecule has 92 valence electrons. The Hall–Kier alpha value is -2.58. The average molecular weight is 246 g/mol. The largest absolute Gasteiger partial charge is 0.197 e. The second kappa shape index (κ2) is 5.85. The van der Waals surface area contributed by atoms with Crippen LogP contribution in [-0.2, 0) is 12.8 Å². The van der Waals surface area contributed by atoms with Gasteiger partial charge in [0.25, 0.3) is 0 Å². The van der Waals surface area contributed by atoms with Gasteiger partial charge in [-0.15, -0.1) is 0 Å². The Kier molecular flexibility index (Phi) is 3.96. The highest BCUT2D eigenvalue weighted by Crippen LogP contribution is 2.26. The topological polar surface area (TPSA) is 47.6 Å². The minimum atomic E-state index is -0.997. The van der Waals surface area contributed by atoms with Crippen LogP contribution >= 0.6 is 0 Å². The van der Waals surface area contributed by atoms with Crippen molar-refractivity contribution in [2.45, 2.75) is 12.8 Å². The molecule has 0 spiro atoms. The minimum Gasteiger partial charge on any atom is -0.197 e. The molecule has 0 heterocycles. The van der Waals surface area contributed by atoms with E-state index >= 15 is 0 Å². The van der Waals surface area contributed by atoms with Gasteiger partial charge < -0.3 is 0 Å². The van der Waals surface area contributed by atoms with Crippen LogP contribution in [-0.4, -0.2) is 0 Å². The number of benzene rings is 2. The zero-order chi connectivity index (χ0) is 13.6. The highest BCUT2D eigenvalue weighted by molar-refractivity contribution is 5.29. The van der Waals surface area contributed by atoms with Crippen LogP contribution in [0.15, 0.2) is 60.7 Å². The summed E-state index contributed by atoms with van der Waals surface area (Å²) in [5, 5.41) is 18.9. The Morgan fingerprint density at radius 2 is 1.05 bits per heavy atom. The lowest BCUT2D eigenvalue weighted by Gasteiger charge is -2.18. The van der Waals surface area contributed by atoms with Gasteiger partial charge in [-0.05, 0) is 11.1 Å². The van der Waals surface area contributed by atoms with E-state index in [0.29, 0.717) is 12.8 Å². The fraction of sp³-hybridized carbons (Fsp3) is 0.176. The van der Waals surface area contributed by atoms with Gasteiger partial charge in [-0.3, -0.25) is 0 Å². The predicted octanol–water partition coefficient (Wildman–Crippen LogP) is 3.51. The van der Waals surface area contributed by atoms with Crippen LogP contribution in [0, 0.1) is 28.1 Å². The molecule has 0 saturated carbocycles. The molecule has 0 amide bonds. The number of hydrogen-bond donors (Lipinski definition) is 0. The molecule has 2 heteroatoms. The maximum absolute atomic E-state index is 9.43. The molecule has 0 aliphatic heterocycles. The quantitative estimate of drug-likeness (QED) is 0.828. The summed E-state index contributed by atoms with van der Waals surface area (Å²) in [6.07, 6.45) is 0.908. The molecule has 0 saturated heterocycles. The van der Waals surface area contributed by atoms with Crippen LogP contribution in [0.2, 0.25) is 0 Å². The summed E-state index contributed by atoms with van der Waals surface area (Å²) in [7, 11) is 0. The molecule has 2 aromatic carbocycles. The van der Waals surface area contributed by atoms with Crippen molar-refractivity contribution < 1.29 is 0 Å². The van der Waals surface area contributed by atoms with Crippen molar-refractivity contribution in [3.63, 3.8) is 0 Å². The van der Waals surface area contributed by atoms with E-state index in [2.05, 4.69) is 12.1 Å². The smallest absolute Gasteiger partial charge is 0.151 e. The minimum absolute atomic E-state index is 0.454. The number of hydrogen-bond acceptors (Lipinski definition) is 2. The molecule has 0 aromatic heterocycles. The summed E-state index contributed by atoms with van der Waals surface area (Å²) in [4.78, 5) is 0. The van der Waals surface area contributed by atoms with Gasteiger partial charge in [0.2, 0.25) is 0 Å². The second-order valence-electron chi connectivity index (χ2n) is 4.63. The van der Waals surface area contributed by atoms with Crippen LogP contribution in [0.1, 0.15) is 11.1 Å². The summed E-state index contributed by atoms with van der Waals surface area (Å²) in [5.74, 6) is 0. The van der Waals surface area contributed by atoms with E-state index in [1.807, 2.05) is 60.7 Å². The van der Waals surface area contributed by atoms with Crippen molar-refractivity contribution >= 4 is 0 Å². The fourth-order valence-corrected chi connectivity index (χ4v) is 2.13. The molecule has 0 aliphatic carbocycles. The molecule has 0 N–H and O–H groups in total. The Bertz CT molecular complexity index is 546. The lowest BCUT2D eigenvalue weighted by atomic mass is 9.79. The zero-order valence-corrected chi connectivity index (χ0v) is 10.6. The van der Waals surface area contributed by atoms with Gasteiger partial charge >= 0.3 is 0 Å². The molecular weight excluding hydrogens is 232 g/mol. The molecular formula is C17H14N2. The fourth-order valence-electron chi connectivity index (χ4n) is 2.13. The Morgan fingerprint density at radius 1 is 0.684 bits per heavy atom. The van der Waals surface area contributed by atoms with Crippen molar-refractivity contribution in [3.8, 4) is 12.1 Å². The van der Waals surface area contributed by atoms with Crippen molar-refractivity contribution in [1.82, 2.24) is 0 Å². The molecule has 19 heavy (non-hydrogen) atoms. The zero-order valence-electron chi connectivity index (χ0n) is 10.6. The highest BCUT2D eigenvalue weighted by Gasteiger charge is 2.30. The van der Waals surface area contributed by atoms with E-state index in [-0.39, 0.29) is 0 Å². The van der Waals surface area contributed by atoms with Crippen molar-refractivity contribution in [2.24, 2.45) is 5.41 Å². The number of nitriles is 2. The van der Waals surface area contributed by atoms with Crippen LogP contribution < -0.4 is 0 Å². The molecule has 2 aromatic rings. The Labute approximate surface area is 113 Å². The summed E-state index contributed by atoms with van der Waals surface area (Å²) in [5.41, 5.74) is 1.03. The monoisotopic (exact) mass is 246 g/mol. The maximum Gasteiger partial charge on any atom is 0.151 e. The van der Waals surface area contributed by atoms with Crippen LogP contribution in [0.4, 0.5) is 0 Å². The van der Waals surface area contributed by atoms with Crippen LogP contribution in [0.3, 0.4) is 0 Å². The van der Waals surface area contributed by atoms with Gasteiger partial charge in [0.1, 0.15) is 0 Å². The summed E-state index contributed by atoms with van der Waals surface area (Å²) < 4.78 is 0. The first-order valence-electron chi connectivity index (χ1n) is 6.18. The third-order valence-corrected chi connectivity index (χ3v) is 3.13. The summed E-state index contributed by atoms with van der Waals surface area (Å²) in [6, 6.07) is 23.8. The summed E-state index contributed by atoms with van der Waals surface area (Å²) >= 11 is 0. The molecule has 0 unspecified atom stereocenters. The van der Waals surface area contributed by atoms with E-state index in [1.54, 1.807) is 0 Å². The van der Waals surface area contributed by atoms with Gasteiger partial charge in [0, 0.05) is 12.8 Å². The van der Waals surface area contributed by atoms with E-state index in [9.17, 15) is 10.5 Å². The molecule has 0 aliphatic rings. The Morgan fingerprint density at radius 3 is 1.37 bits per heavy atom. The molecule has 0 atom stereocenters. The van der Waals surface area contributed by atoms with E-state index in [1.165, 1.54) is 0 Å². The van der Waals surface area contributed by atoms with E-state index in [0.717, 1.165) is 11.1 Å². The van der Waals surface area contributed by atoms with Gasteiger partial charge in [-0.1, -0.05) is 60.7 Å². The van der Waals surface area contributed by atoms with E-state index < -0.39 is 5.41 Å². The van der Waals surface area contributed by atoms with Crippen molar-refractivity contribution in [2.75, 3.05) is 0 Å². The standard InChI is InChI=1S/C17H14N2/c18-13-17(14-19,11-15-7-3-1-4-8-15)12-16-9-5-2-6-10-16/h1-10H,11-12H2. The molecule has 0 fully saturated rings. The van der Waals surface area contributed by atoms with Gasteiger partial charge in [0.15, 0.2) is 5.41 Å². The predicted molar refractivity (Wildman–Crippen MR) is 74.0 cm³/mol. The first kappa shape index (κ1) is 12.9. The molecule has 2 rings (SSSR count). The molecule has 0 radical (unpaired) electrons. The molecule has 0 bridgehead atoms. The first-order chi connectivity index (χ1) is 9.28. The van der Waals surface area contributed by atoms with Crippen LogP contribution in [0.25, 0.3) is 0 Å². The third-order valence-electron chi connectivity index (χ3n) is 3.13. The SMILES string of the molecule is N#CC(C#N)(Cc1ccccc1)Cc1ccccc1. The summed E-state index contributed by atoms with van der Waals surface area (Å²) in [6.45, 7) is 0. The van der Waals surface area contributed by atoms with Crippen molar-refractivity contribution in [3.05, 3.63) is 71.8 Å². The van der Waals surface area contributed by atoms with Crippen molar-refractivity contribution in [1.29, 1.82) is 10.5 Å². The Balaban J connectivity index is 2.24. The maximum atomic E-state index is 9.43. The average Bonchev–Trinajstić information content (AvgIpc) is 2.48. The van der Waals surface area contributed by atoms with Gasteiger partial charge in [-0.2, -0.15) is 10.5 Å². The first-order valence-corrected chi connectivity index (χ1v) is 6.18.